The maximum absolute atomic E-state index is 12.7. The number of anilines is 1. The van der Waals surface area contributed by atoms with Gasteiger partial charge in [-0.1, -0.05) is 74.9 Å². The van der Waals surface area contributed by atoms with E-state index in [9.17, 15) is 14.4 Å². The molecule has 8 N–H and O–H groups in total. The third-order valence-corrected chi connectivity index (χ3v) is 11.7. The minimum Gasteiger partial charge on any atom is -0.493 e. The smallest absolute Gasteiger partial charge is 0.357 e. The van der Waals surface area contributed by atoms with E-state index in [2.05, 4.69) is 71.8 Å². The Bertz CT molecular complexity index is 3590. The minimum absolute atomic E-state index is 0.0299. The molecule has 20 nitrogen and oxygen atoms in total. The number of isothiocyanates is 1. The summed E-state index contributed by atoms with van der Waals surface area (Å²) in [5, 5.41) is 43.2. The number of carbonyl (C=O) groups is 3. The number of carbonyl (C=O) groups excluding carboxylic acids is 2. The number of unbranched alkanes of at least 4 members (excludes halogenated alkanes) is 1. The van der Waals surface area contributed by atoms with Crippen LogP contribution in [0.3, 0.4) is 0 Å². The van der Waals surface area contributed by atoms with Gasteiger partial charge in [-0.3, -0.25) is 24.9 Å². The first-order valence-corrected chi connectivity index (χ1v) is 24.6. The second kappa shape index (κ2) is 29.1. The molecular formula is C54H58N12O8S2. The Morgan fingerprint density at radius 1 is 0.684 bits per heavy atom. The van der Waals surface area contributed by atoms with Crippen molar-refractivity contribution in [3.63, 3.8) is 0 Å². The number of nitrogen functional groups attached to an aromatic ring is 1. The van der Waals surface area contributed by atoms with Crippen LogP contribution in [-0.2, 0) is 6.54 Å². The third-order valence-electron chi connectivity index (χ3n) is 11.3. The summed E-state index contributed by atoms with van der Waals surface area (Å²) >= 11 is 9.91. The average Bonchev–Trinajstić information content (AvgIpc) is 4.21. The minimum atomic E-state index is -1.01. The van der Waals surface area contributed by atoms with E-state index in [0.29, 0.717) is 98.3 Å². The average molecular weight is 1070 g/mol. The predicted molar refractivity (Wildman–Crippen MR) is 299 cm³/mol. The number of nitrogens with two attached hydrogens (primary N) is 2. The molecule has 9 aromatic rings. The number of carboxylic acids is 1. The molecule has 0 radical (unpaired) electrons. The lowest BCUT2D eigenvalue weighted by molar-refractivity contribution is 0.0692. The van der Waals surface area contributed by atoms with Crippen LogP contribution in [0.15, 0.2) is 102 Å². The van der Waals surface area contributed by atoms with Crippen molar-refractivity contribution in [3.05, 3.63) is 124 Å². The molecule has 0 bridgehead atoms. The molecule has 0 atom stereocenters. The quantitative estimate of drug-likeness (QED) is 0.0298. The molecule has 4 heterocycles. The summed E-state index contributed by atoms with van der Waals surface area (Å²) in [4.78, 5) is 43.3. The van der Waals surface area contributed by atoms with Crippen LogP contribution < -0.4 is 30.4 Å². The molecule has 0 saturated carbocycles. The van der Waals surface area contributed by atoms with Crippen molar-refractivity contribution in [1.29, 1.82) is 5.26 Å². The summed E-state index contributed by atoms with van der Waals surface area (Å²) in [6, 6.07) is 31.0. The monoisotopic (exact) mass is 1070 g/mol. The molecule has 394 valence electrons. The summed E-state index contributed by atoms with van der Waals surface area (Å²) in [5.74, 6) is 1.67. The first-order chi connectivity index (χ1) is 36.8. The van der Waals surface area contributed by atoms with Gasteiger partial charge in [0.15, 0.2) is 40.3 Å². The van der Waals surface area contributed by atoms with E-state index in [1.54, 1.807) is 61.3 Å². The Kier molecular flexibility index (Phi) is 22.2. The molecule has 5 aromatic carbocycles. The van der Waals surface area contributed by atoms with Crippen LogP contribution in [0.25, 0.3) is 43.6 Å². The fourth-order valence-corrected chi connectivity index (χ4v) is 7.73. The van der Waals surface area contributed by atoms with Crippen LogP contribution in [0.2, 0.25) is 0 Å². The lowest BCUT2D eigenvalue weighted by Crippen LogP contribution is -2.11. The number of H-pyrrole nitrogens is 3. The number of nitrogens with one attached hydrogen (secondary N) is 3. The number of aromatic carboxylic acids is 1. The number of nitriles is 1. The summed E-state index contributed by atoms with van der Waals surface area (Å²) in [5.41, 5.74) is 16.5. The first-order valence-electron chi connectivity index (χ1n) is 23.8. The molecule has 0 aliphatic heterocycles. The highest BCUT2D eigenvalue weighted by molar-refractivity contribution is 7.78. The Morgan fingerprint density at radius 3 is 1.59 bits per heavy atom. The number of methoxy groups -OCH3 is 4. The summed E-state index contributed by atoms with van der Waals surface area (Å²) in [7, 11) is 6.13. The fraction of sp³-hybridized carbons (Fsp3) is 0.259. The molecular weight excluding hydrogens is 1010 g/mol. The first kappa shape index (κ1) is 58.0. The van der Waals surface area contributed by atoms with Crippen molar-refractivity contribution < 1.29 is 38.4 Å². The molecule has 4 aromatic heterocycles. The summed E-state index contributed by atoms with van der Waals surface area (Å²) < 4.78 is 22.9. The SMILES string of the molecule is CCCCC(=O)c1n[nH]c2ccccc12.CCCN.COc1cc(C#N)c(N=C=S)cc1OC.COc1cc2nc(=S)n(CCCC(=O)c3n[nH]c4ccccc34)c(N)c2cc1OC.O=C(O)c1n[nH]c2ccccc12. The van der Waals surface area contributed by atoms with Gasteiger partial charge in [0.05, 0.1) is 66.9 Å². The van der Waals surface area contributed by atoms with Crippen LogP contribution in [0, 0.1) is 16.1 Å². The van der Waals surface area contributed by atoms with Crippen molar-refractivity contribution in [2.75, 3.05) is 40.7 Å². The number of hydrogen-bond donors (Lipinski definition) is 6. The second-order valence-electron chi connectivity index (χ2n) is 16.2. The highest BCUT2D eigenvalue weighted by Gasteiger charge is 2.17. The molecule has 9 rings (SSSR count). The lowest BCUT2D eigenvalue weighted by Gasteiger charge is -2.15. The normalized spacial score (nSPS) is 10.2. The van der Waals surface area contributed by atoms with Gasteiger partial charge in [-0.2, -0.15) is 25.6 Å². The van der Waals surface area contributed by atoms with Crippen LogP contribution in [0.4, 0.5) is 11.5 Å². The number of fused-ring (bicyclic) bond motifs is 4. The number of nitrogens with zero attached hydrogens (tertiary/aromatic N) is 7. The van der Waals surface area contributed by atoms with Gasteiger partial charge in [-0.25, -0.2) is 9.78 Å². The number of aromatic nitrogens is 8. The number of aromatic amines is 3. The van der Waals surface area contributed by atoms with Crippen molar-refractivity contribution in [3.8, 4) is 29.1 Å². The topological polar surface area (TPSA) is 300 Å². The van der Waals surface area contributed by atoms with E-state index in [0.717, 1.165) is 53.1 Å². The van der Waals surface area contributed by atoms with Crippen LogP contribution in [0.1, 0.15) is 89.4 Å². The molecule has 0 amide bonds. The molecule has 0 spiro atoms. The molecule has 0 fully saturated rings. The number of benzene rings is 5. The van der Waals surface area contributed by atoms with Gasteiger partial charge in [0.25, 0.3) is 0 Å². The van der Waals surface area contributed by atoms with Crippen molar-refractivity contribution in [1.82, 2.24) is 40.1 Å². The molecule has 0 unspecified atom stereocenters. The molecule has 0 saturated heterocycles. The number of thiocarbonyl (C=S) groups is 1. The number of ether oxygens (including phenoxy) is 4. The number of aliphatic imine (C=N–C) groups is 1. The molecule has 0 aliphatic rings. The largest absolute Gasteiger partial charge is 0.493 e. The van der Waals surface area contributed by atoms with Gasteiger partial charge >= 0.3 is 5.97 Å². The Labute approximate surface area is 448 Å². The lowest BCUT2D eigenvalue weighted by atomic mass is 10.1. The van der Waals surface area contributed by atoms with Gasteiger partial charge in [0.1, 0.15) is 23.3 Å². The molecule has 76 heavy (non-hydrogen) atoms. The fourth-order valence-electron chi connectivity index (χ4n) is 7.34. The van der Waals surface area contributed by atoms with Gasteiger partial charge in [-0.05, 0) is 74.5 Å². The zero-order valence-electron chi connectivity index (χ0n) is 42.8. The van der Waals surface area contributed by atoms with E-state index < -0.39 is 5.97 Å². The zero-order chi connectivity index (χ0) is 55.1. The number of para-hydroxylation sites is 3. The number of ketones is 2. The number of Topliss-reactive ketones (excluding diaryl/α,β-unsaturated/α-hetero) is 2. The standard InChI is InChI=1S/C21H21N5O3S.C12H14N2O.C10H8N2O2S.C8H6N2O2.C3H9N/c1-28-17-10-13-15(11-18(17)29-2)23-21(30)26(20(13)22)9-5-8-16(27)19-12-6-3-4-7-14(12)24-25-19;1-2-3-8-11(15)12-9-6-4-5-7-10(9)13-14-12;1-13-9-3-7(5-11)8(12-6-15)4-10(9)14-2;11-8(12)7-5-3-1-2-4-6(5)9-10-7;1-2-3-4/h3-4,6-7,10-11H,5,8-9,22H2,1-2H3,(H,24,25);4-7H,2-3,8H2,1H3,(H,13,14);3-4H,1-2H3;1-4H,(H,9,10)(H,11,12);2-4H2,1H3. The predicted octanol–water partition coefficient (Wildman–Crippen LogP) is 10.8. The zero-order valence-corrected chi connectivity index (χ0v) is 44.4. The van der Waals surface area contributed by atoms with E-state index in [1.165, 1.54) is 14.2 Å². The van der Waals surface area contributed by atoms with Crippen molar-refractivity contribution >= 4 is 102 Å². The highest BCUT2D eigenvalue weighted by Crippen LogP contribution is 2.35. The van der Waals surface area contributed by atoms with Crippen LogP contribution in [0.5, 0.6) is 23.0 Å². The van der Waals surface area contributed by atoms with Crippen molar-refractivity contribution in [2.45, 2.75) is 58.9 Å². The van der Waals surface area contributed by atoms with E-state index in [1.807, 2.05) is 60.7 Å². The Hall–Kier alpha value is -8.87. The maximum Gasteiger partial charge on any atom is 0.357 e. The second-order valence-corrected chi connectivity index (χ2v) is 16.7. The molecule has 22 heteroatoms. The summed E-state index contributed by atoms with van der Waals surface area (Å²) in [6.45, 7) is 5.42. The number of hydrogen-bond acceptors (Lipinski definition) is 17. The maximum atomic E-state index is 12.7. The van der Waals surface area contributed by atoms with Gasteiger partial charge < -0.3 is 40.1 Å². The number of carboxylic acid groups (broad SMARTS) is 1. The molecule has 0 aliphatic carbocycles. The third kappa shape index (κ3) is 14.7. The van der Waals surface area contributed by atoms with Crippen LogP contribution >= 0.6 is 24.4 Å². The summed E-state index contributed by atoms with van der Waals surface area (Å²) in [6.07, 6.45) is 4.53. The van der Waals surface area contributed by atoms with Gasteiger partial charge in [0, 0.05) is 59.1 Å². The Balaban J connectivity index is 0.000000196. The van der Waals surface area contributed by atoms with Gasteiger partial charge in [-0.15, -0.1) is 0 Å². The Morgan fingerprint density at radius 2 is 1.13 bits per heavy atom. The van der Waals surface area contributed by atoms with E-state index in [4.69, 9.17) is 53.0 Å². The number of rotatable bonds is 16. The van der Waals surface area contributed by atoms with Crippen molar-refractivity contribution in [2.24, 2.45) is 10.7 Å². The van der Waals surface area contributed by atoms with E-state index >= 15 is 0 Å². The van der Waals surface area contributed by atoms with E-state index in [-0.39, 0.29) is 17.3 Å². The highest BCUT2D eigenvalue weighted by atomic mass is 32.1. The van der Waals surface area contributed by atoms with Crippen LogP contribution in [-0.4, -0.2) is 103 Å². The van der Waals surface area contributed by atoms with Gasteiger partial charge in [0.2, 0.25) is 4.77 Å².